The lowest BCUT2D eigenvalue weighted by Gasteiger charge is -2.56. The van der Waals surface area contributed by atoms with Crippen LogP contribution in [-0.4, -0.2) is 24.0 Å². The molecule has 1 amide bonds. The normalized spacial score (nSPS) is 32.4. The molecule has 6 heteroatoms. The largest absolute Gasteiger partial charge is 0.484 e. The molecule has 4 aliphatic carbocycles. The SMILES string of the molecule is O=C(COc1cccc([N+](=O)[O-])c1)NCC12CC3CC(CC(C3)C1)C2. The van der Waals surface area contributed by atoms with E-state index in [1.165, 1.54) is 50.7 Å². The number of rotatable bonds is 6. The number of nitro benzene ring substituents is 1. The van der Waals surface area contributed by atoms with Crippen molar-refractivity contribution >= 4 is 11.6 Å². The number of non-ortho nitro benzene ring substituents is 1. The fraction of sp³-hybridized carbons (Fsp3) is 0.632. The van der Waals surface area contributed by atoms with Crippen molar-refractivity contribution in [2.75, 3.05) is 13.2 Å². The van der Waals surface area contributed by atoms with Gasteiger partial charge in [-0.15, -0.1) is 0 Å². The molecule has 4 fully saturated rings. The lowest BCUT2D eigenvalue weighted by Crippen LogP contribution is -2.51. The first-order valence-corrected chi connectivity index (χ1v) is 9.15. The lowest BCUT2D eigenvalue weighted by atomic mass is 9.49. The van der Waals surface area contributed by atoms with Crippen molar-refractivity contribution in [2.24, 2.45) is 23.2 Å². The molecule has 4 saturated carbocycles. The van der Waals surface area contributed by atoms with Crippen LogP contribution in [0.25, 0.3) is 0 Å². The highest BCUT2D eigenvalue weighted by molar-refractivity contribution is 5.77. The summed E-state index contributed by atoms with van der Waals surface area (Å²) in [5.41, 5.74) is 0.266. The highest BCUT2D eigenvalue weighted by Gasteiger charge is 2.50. The van der Waals surface area contributed by atoms with Crippen molar-refractivity contribution in [3.05, 3.63) is 34.4 Å². The van der Waals surface area contributed by atoms with Gasteiger partial charge in [-0.1, -0.05) is 6.07 Å². The first-order chi connectivity index (χ1) is 12.0. The second kappa shape index (κ2) is 6.32. The molecule has 0 heterocycles. The quantitative estimate of drug-likeness (QED) is 0.634. The molecule has 4 bridgehead atoms. The van der Waals surface area contributed by atoms with E-state index in [0.29, 0.717) is 11.2 Å². The molecule has 25 heavy (non-hydrogen) atoms. The van der Waals surface area contributed by atoms with E-state index in [1.54, 1.807) is 12.1 Å². The molecule has 0 aliphatic heterocycles. The smallest absolute Gasteiger partial charge is 0.273 e. The molecule has 1 aromatic rings. The molecule has 134 valence electrons. The van der Waals surface area contributed by atoms with E-state index in [-0.39, 0.29) is 18.2 Å². The maximum absolute atomic E-state index is 12.2. The number of nitro groups is 1. The van der Waals surface area contributed by atoms with Crippen LogP contribution < -0.4 is 10.1 Å². The minimum atomic E-state index is -0.472. The van der Waals surface area contributed by atoms with Crippen molar-refractivity contribution < 1.29 is 14.5 Å². The molecule has 0 radical (unpaired) electrons. The number of carbonyl (C=O) groups excluding carboxylic acids is 1. The van der Waals surface area contributed by atoms with Crippen molar-refractivity contribution in [3.63, 3.8) is 0 Å². The summed E-state index contributed by atoms with van der Waals surface area (Å²) < 4.78 is 5.41. The summed E-state index contributed by atoms with van der Waals surface area (Å²) in [5.74, 6) is 2.79. The van der Waals surface area contributed by atoms with Gasteiger partial charge in [-0.05, 0) is 67.8 Å². The van der Waals surface area contributed by atoms with Gasteiger partial charge in [0, 0.05) is 12.6 Å². The maximum Gasteiger partial charge on any atom is 0.273 e. The Hall–Kier alpha value is -2.11. The molecule has 4 aliphatic rings. The Bertz CT molecular complexity index is 652. The van der Waals surface area contributed by atoms with Crippen LogP contribution in [0.3, 0.4) is 0 Å². The summed E-state index contributed by atoms with van der Waals surface area (Å²) in [6.07, 6.45) is 7.94. The van der Waals surface area contributed by atoms with Gasteiger partial charge >= 0.3 is 0 Å². The van der Waals surface area contributed by atoms with Crippen molar-refractivity contribution in [1.82, 2.24) is 5.32 Å². The molecule has 0 spiro atoms. The van der Waals surface area contributed by atoms with Crippen LogP contribution in [0.2, 0.25) is 0 Å². The van der Waals surface area contributed by atoms with Crippen molar-refractivity contribution in [1.29, 1.82) is 0 Å². The number of benzene rings is 1. The zero-order chi connectivity index (χ0) is 17.4. The zero-order valence-corrected chi connectivity index (χ0v) is 14.3. The van der Waals surface area contributed by atoms with E-state index < -0.39 is 4.92 Å². The molecule has 0 atom stereocenters. The van der Waals surface area contributed by atoms with E-state index in [4.69, 9.17) is 4.74 Å². The summed E-state index contributed by atoms with van der Waals surface area (Å²) in [6, 6.07) is 5.92. The Labute approximate surface area is 147 Å². The third-order valence-electron chi connectivity index (χ3n) is 6.22. The number of hydrogen-bond acceptors (Lipinski definition) is 4. The van der Waals surface area contributed by atoms with Gasteiger partial charge in [0.05, 0.1) is 11.0 Å². The van der Waals surface area contributed by atoms with Gasteiger partial charge in [0.25, 0.3) is 11.6 Å². The van der Waals surface area contributed by atoms with Crippen LogP contribution in [0, 0.1) is 33.3 Å². The number of carbonyl (C=O) groups is 1. The Morgan fingerprint density at radius 3 is 2.44 bits per heavy atom. The zero-order valence-electron chi connectivity index (χ0n) is 14.3. The molecular weight excluding hydrogens is 320 g/mol. The Morgan fingerprint density at radius 2 is 1.84 bits per heavy atom. The number of nitrogens with zero attached hydrogens (tertiary/aromatic N) is 1. The van der Waals surface area contributed by atoms with Crippen LogP contribution in [0.1, 0.15) is 38.5 Å². The number of hydrogen-bond donors (Lipinski definition) is 1. The van der Waals surface area contributed by atoms with E-state index >= 15 is 0 Å². The van der Waals surface area contributed by atoms with Crippen LogP contribution in [0.15, 0.2) is 24.3 Å². The topological polar surface area (TPSA) is 81.5 Å². The molecule has 0 saturated heterocycles. The predicted octanol–water partition coefficient (Wildman–Crippen LogP) is 3.31. The molecule has 5 rings (SSSR count). The second-order valence-electron chi connectivity index (χ2n) is 8.24. The Balaban J connectivity index is 1.28. The molecule has 6 nitrogen and oxygen atoms in total. The minimum Gasteiger partial charge on any atom is -0.484 e. The van der Waals surface area contributed by atoms with Gasteiger partial charge < -0.3 is 10.1 Å². The fourth-order valence-electron chi connectivity index (χ4n) is 5.68. The predicted molar refractivity (Wildman–Crippen MR) is 92.2 cm³/mol. The first kappa shape index (κ1) is 16.4. The lowest BCUT2D eigenvalue weighted by molar-refractivity contribution is -0.384. The first-order valence-electron chi connectivity index (χ1n) is 9.15. The van der Waals surface area contributed by atoms with Gasteiger partial charge in [0.15, 0.2) is 6.61 Å². The third kappa shape index (κ3) is 3.48. The van der Waals surface area contributed by atoms with Crippen LogP contribution in [-0.2, 0) is 4.79 Å². The summed E-state index contributed by atoms with van der Waals surface area (Å²) in [7, 11) is 0. The average Bonchev–Trinajstić information content (AvgIpc) is 2.57. The van der Waals surface area contributed by atoms with Gasteiger partial charge in [-0.2, -0.15) is 0 Å². The van der Waals surface area contributed by atoms with Gasteiger partial charge in [0.2, 0.25) is 0 Å². The van der Waals surface area contributed by atoms with E-state index in [2.05, 4.69) is 5.32 Å². The third-order valence-corrected chi connectivity index (χ3v) is 6.22. The summed E-state index contributed by atoms with van der Waals surface area (Å²) in [4.78, 5) is 22.5. The molecule has 1 aromatic carbocycles. The second-order valence-corrected chi connectivity index (χ2v) is 8.24. The standard InChI is InChI=1S/C19H24N2O4/c22-18(11-25-17-3-1-2-16(7-17)21(23)24)20-12-19-8-13-4-14(9-19)6-15(5-13)10-19/h1-3,7,13-15H,4-6,8-12H2,(H,20,22). The van der Waals surface area contributed by atoms with Gasteiger partial charge in [-0.25, -0.2) is 0 Å². The van der Waals surface area contributed by atoms with Gasteiger partial charge in [0.1, 0.15) is 5.75 Å². The van der Waals surface area contributed by atoms with Crippen LogP contribution in [0.4, 0.5) is 5.69 Å². The van der Waals surface area contributed by atoms with E-state index in [0.717, 1.165) is 24.3 Å². The van der Waals surface area contributed by atoms with E-state index in [9.17, 15) is 14.9 Å². The maximum atomic E-state index is 12.2. The Morgan fingerprint density at radius 1 is 1.20 bits per heavy atom. The van der Waals surface area contributed by atoms with Crippen LogP contribution in [0.5, 0.6) is 5.75 Å². The fourth-order valence-corrected chi connectivity index (χ4v) is 5.68. The molecule has 0 aromatic heterocycles. The molecule has 0 unspecified atom stereocenters. The molecule has 1 N–H and O–H groups in total. The minimum absolute atomic E-state index is 0.0357. The number of nitrogens with one attached hydrogen (secondary N) is 1. The number of amides is 1. The van der Waals surface area contributed by atoms with Crippen molar-refractivity contribution in [2.45, 2.75) is 38.5 Å². The summed E-state index contributed by atoms with van der Waals surface area (Å²) in [5, 5.41) is 13.8. The van der Waals surface area contributed by atoms with E-state index in [1.807, 2.05) is 0 Å². The highest BCUT2D eigenvalue weighted by atomic mass is 16.6. The summed E-state index contributed by atoms with van der Waals surface area (Å²) >= 11 is 0. The van der Waals surface area contributed by atoms with Gasteiger partial charge in [-0.3, -0.25) is 14.9 Å². The highest BCUT2D eigenvalue weighted by Crippen LogP contribution is 2.59. The average molecular weight is 344 g/mol. The Kier molecular flexibility index (Phi) is 4.13. The molecular formula is C19H24N2O4. The number of ether oxygens (including phenoxy) is 1. The monoisotopic (exact) mass is 344 g/mol. The van der Waals surface area contributed by atoms with Crippen molar-refractivity contribution in [3.8, 4) is 5.75 Å². The summed E-state index contributed by atoms with van der Waals surface area (Å²) in [6.45, 7) is 0.640. The van der Waals surface area contributed by atoms with Crippen LogP contribution >= 0.6 is 0 Å².